The minimum absolute atomic E-state index is 0.0169. The second-order valence-electron chi connectivity index (χ2n) is 5.71. The number of benzene rings is 2. The third kappa shape index (κ3) is 4.70. The van der Waals surface area contributed by atoms with Gasteiger partial charge in [0.15, 0.2) is 0 Å². The molecule has 0 bridgehead atoms. The standard InChI is InChI=1S/C18H18N2O6S/c21-17-10-11-18(22)20(17)14-6-8-16(9-7-14)27(23,24)19-26-13-12-25-15-4-2-1-3-5-15/h1-9,19H,10-13H2. The van der Waals surface area contributed by atoms with E-state index in [1.165, 1.54) is 24.3 Å². The van der Waals surface area contributed by atoms with Gasteiger partial charge in [-0.25, -0.2) is 8.42 Å². The molecule has 8 nitrogen and oxygen atoms in total. The van der Waals surface area contributed by atoms with Crippen molar-refractivity contribution < 1.29 is 27.6 Å². The first kappa shape index (κ1) is 19.0. The Morgan fingerprint density at radius 1 is 0.889 bits per heavy atom. The zero-order chi connectivity index (χ0) is 19.3. The van der Waals surface area contributed by atoms with Gasteiger partial charge in [-0.05, 0) is 36.4 Å². The Kier molecular flexibility index (Phi) is 5.84. The molecule has 2 amide bonds. The first-order valence-corrected chi connectivity index (χ1v) is 9.73. The van der Waals surface area contributed by atoms with E-state index < -0.39 is 10.0 Å². The molecule has 142 valence electrons. The van der Waals surface area contributed by atoms with E-state index in [1.807, 2.05) is 23.1 Å². The number of anilines is 1. The summed E-state index contributed by atoms with van der Waals surface area (Å²) in [7, 11) is -3.89. The maximum Gasteiger partial charge on any atom is 0.262 e. The van der Waals surface area contributed by atoms with Crippen LogP contribution in [0, 0.1) is 0 Å². The predicted octanol–water partition coefficient (Wildman–Crippen LogP) is 1.63. The van der Waals surface area contributed by atoms with Crippen LogP contribution in [0.15, 0.2) is 59.5 Å². The normalized spacial score (nSPS) is 14.6. The van der Waals surface area contributed by atoms with Gasteiger partial charge in [-0.1, -0.05) is 23.1 Å². The van der Waals surface area contributed by atoms with Gasteiger partial charge in [-0.3, -0.25) is 19.3 Å². The Bertz CT molecular complexity index is 897. The summed E-state index contributed by atoms with van der Waals surface area (Å²) >= 11 is 0. The van der Waals surface area contributed by atoms with Crippen LogP contribution in [0.4, 0.5) is 5.69 Å². The van der Waals surface area contributed by atoms with Gasteiger partial charge in [0.2, 0.25) is 11.8 Å². The van der Waals surface area contributed by atoms with E-state index in [-0.39, 0.29) is 42.8 Å². The average Bonchev–Trinajstić information content (AvgIpc) is 3.01. The van der Waals surface area contributed by atoms with E-state index in [2.05, 4.69) is 0 Å². The molecular weight excluding hydrogens is 372 g/mol. The summed E-state index contributed by atoms with van der Waals surface area (Å²) in [6, 6.07) is 14.5. The zero-order valence-corrected chi connectivity index (χ0v) is 15.1. The Balaban J connectivity index is 1.52. The molecule has 9 heteroatoms. The number of para-hydroxylation sites is 1. The summed E-state index contributed by atoms with van der Waals surface area (Å²) < 4.78 is 29.8. The number of amides is 2. The lowest BCUT2D eigenvalue weighted by Gasteiger charge is -2.14. The number of rotatable bonds is 8. The smallest absolute Gasteiger partial charge is 0.262 e. The molecule has 0 aromatic heterocycles. The minimum Gasteiger partial charge on any atom is -0.491 e. The molecule has 2 aromatic rings. The molecule has 1 fully saturated rings. The highest BCUT2D eigenvalue weighted by Gasteiger charge is 2.30. The summed E-state index contributed by atoms with van der Waals surface area (Å²) in [5, 5.41) is 0. The maximum atomic E-state index is 12.2. The molecule has 3 rings (SSSR count). The van der Waals surface area contributed by atoms with Crippen LogP contribution in [-0.2, 0) is 24.4 Å². The molecule has 1 saturated heterocycles. The molecule has 1 aliphatic heterocycles. The van der Waals surface area contributed by atoms with Crippen molar-refractivity contribution in [2.45, 2.75) is 17.7 Å². The molecule has 0 aliphatic carbocycles. The monoisotopic (exact) mass is 390 g/mol. The fraction of sp³-hybridized carbons (Fsp3) is 0.222. The van der Waals surface area contributed by atoms with Crippen molar-refractivity contribution in [3.05, 3.63) is 54.6 Å². The van der Waals surface area contributed by atoms with E-state index in [9.17, 15) is 18.0 Å². The Hall–Kier alpha value is -2.75. The number of ether oxygens (including phenoxy) is 1. The van der Waals surface area contributed by atoms with Crippen LogP contribution in [0.3, 0.4) is 0 Å². The number of imide groups is 1. The molecular formula is C18H18N2O6S. The van der Waals surface area contributed by atoms with E-state index >= 15 is 0 Å². The number of sulfonamides is 1. The second-order valence-corrected chi connectivity index (χ2v) is 7.36. The van der Waals surface area contributed by atoms with Crippen molar-refractivity contribution in [3.8, 4) is 5.75 Å². The quantitative estimate of drug-likeness (QED) is 0.418. The van der Waals surface area contributed by atoms with Gasteiger partial charge in [-0.2, -0.15) is 0 Å². The van der Waals surface area contributed by atoms with Gasteiger partial charge in [0.25, 0.3) is 10.0 Å². The Morgan fingerprint density at radius 2 is 1.52 bits per heavy atom. The summed E-state index contributed by atoms with van der Waals surface area (Å²) in [6.45, 7) is 0.188. The van der Waals surface area contributed by atoms with Crippen LogP contribution in [0.5, 0.6) is 5.75 Å². The van der Waals surface area contributed by atoms with Gasteiger partial charge in [0, 0.05) is 12.8 Å². The number of nitrogens with zero attached hydrogens (tertiary/aromatic N) is 1. The number of hydrogen-bond acceptors (Lipinski definition) is 6. The second kappa shape index (κ2) is 8.30. The number of carbonyl (C=O) groups is 2. The Morgan fingerprint density at radius 3 is 2.15 bits per heavy atom. The van der Waals surface area contributed by atoms with Crippen molar-refractivity contribution in [1.29, 1.82) is 0 Å². The average molecular weight is 390 g/mol. The van der Waals surface area contributed by atoms with Crippen molar-refractivity contribution in [2.24, 2.45) is 0 Å². The third-order valence-electron chi connectivity index (χ3n) is 3.82. The molecule has 27 heavy (non-hydrogen) atoms. The molecule has 0 atom stereocenters. The highest BCUT2D eigenvalue weighted by atomic mass is 32.2. The summed E-state index contributed by atoms with van der Waals surface area (Å²) in [5.74, 6) is 0.0662. The van der Waals surface area contributed by atoms with E-state index in [1.54, 1.807) is 12.1 Å². The summed E-state index contributed by atoms with van der Waals surface area (Å²) in [6.07, 6.45) is 0.332. The highest BCUT2D eigenvalue weighted by Crippen LogP contribution is 2.23. The van der Waals surface area contributed by atoms with Crippen molar-refractivity contribution in [3.63, 3.8) is 0 Å². The number of hydrogen-bond donors (Lipinski definition) is 1. The van der Waals surface area contributed by atoms with E-state index in [0.29, 0.717) is 11.4 Å². The lowest BCUT2D eigenvalue weighted by Crippen LogP contribution is -2.29. The first-order valence-electron chi connectivity index (χ1n) is 8.25. The van der Waals surface area contributed by atoms with Crippen molar-refractivity contribution in [1.82, 2.24) is 4.89 Å². The zero-order valence-electron chi connectivity index (χ0n) is 14.3. The molecule has 0 spiro atoms. The highest BCUT2D eigenvalue weighted by molar-refractivity contribution is 7.89. The van der Waals surface area contributed by atoms with Gasteiger partial charge < -0.3 is 4.74 Å². The molecule has 0 saturated carbocycles. The predicted molar refractivity (Wildman–Crippen MR) is 96.4 cm³/mol. The molecule has 1 heterocycles. The van der Waals surface area contributed by atoms with Crippen molar-refractivity contribution >= 4 is 27.5 Å². The van der Waals surface area contributed by atoms with Crippen LogP contribution >= 0.6 is 0 Å². The van der Waals surface area contributed by atoms with Crippen LogP contribution in [-0.4, -0.2) is 33.4 Å². The van der Waals surface area contributed by atoms with Gasteiger partial charge >= 0.3 is 0 Å². The van der Waals surface area contributed by atoms with E-state index in [4.69, 9.17) is 9.57 Å². The fourth-order valence-electron chi connectivity index (χ4n) is 2.52. The van der Waals surface area contributed by atoms with E-state index in [0.717, 1.165) is 4.90 Å². The fourth-order valence-corrected chi connectivity index (χ4v) is 3.35. The lowest BCUT2D eigenvalue weighted by atomic mass is 10.3. The van der Waals surface area contributed by atoms with Crippen LogP contribution in [0.25, 0.3) is 0 Å². The third-order valence-corrected chi connectivity index (χ3v) is 5.05. The first-order chi connectivity index (χ1) is 13.0. The number of carbonyl (C=O) groups excluding carboxylic acids is 2. The number of nitrogens with one attached hydrogen (secondary N) is 1. The van der Waals surface area contributed by atoms with Crippen molar-refractivity contribution in [2.75, 3.05) is 18.1 Å². The Labute approximate surface area is 156 Å². The molecule has 0 unspecified atom stereocenters. The molecule has 0 radical (unpaired) electrons. The molecule has 1 aliphatic rings. The summed E-state index contributed by atoms with van der Waals surface area (Å²) in [4.78, 5) is 31.4. The molecule has 1 N–H and O–H groups in total. The largest absolute Gasteiger partial charge is 0.491 e. The molecule has 2 aromatic carbocycles. The van der Waals surface area contributed by atoms with Gasteiger partial charge in [-0.15, -0.1) is 0 Å². The maximum absolute atomic E-state index is 12.2. The van der Waals surface area contributed by atoms with Gasteiger partial charge in [0.05, 0.1) is 10.6 Å². The topological polar surface area (TPSA) is 102 Å². The van der Waals surface area contributed by atoms with Gasteiger partial charge in [0.1, 0.15) is 19.0 Å². The minimum atomic E-state index is -3.89. The SMILES string of the molecule is O=C1CCC(=O)N1c1ccc(S(=O)(=O)NOCCOc2ccccc2)cc1. The van der Waals surface area contributed by atoms with Crippen LogP contribution < -0.4 is 14.5 Å². The summed E-state index contributed by atoms with van der Waals surface area (Å²) in [5.41, 5.74) is 0.346. The van der Waals surface area contributed by atoms with Crippen LogP contribution in [0.1, 0.15) is 12.8 Å². The van der Waals surface area contributed by atoms with Crippen LogP contribution in [0.2, 0.25) is 0 Å². The lowest BCUT2D eigenvalue weighted by molar-refractivity contribution is -0.121.